The van der Waals surface area contributed by atoms with Crippen LogP contribution in [0, 0.1) is 0 Å². The lowest BCUT2D eigenvalue weighted by molar-refractivity contribution is 0.0252. The number of allylic oxidation sites excluding steroid dienone is 1. The van der Waals surface area contributed by atoms with E-state index in [1.165, 1.54) is 11.1 Å². The lowest BCUT2D eigenvalue weighted by Crippen LogP contribution is -2.38. The monoisotopic (exact) mass is 261 g/mol. The van der Waals surface area contributed by atoms with Crippen molar-refractivity contribution < 1.29 is 9.47 Å². The first-order valence-corrected chi connectivity index (χ1v) is 6.81. The molecular weight excluding hydrogens is 238 g/mol. The van der Waals surface area contributed by atoms with Crippen LogP contribution in [0.1, 0.15) is 25.5 Å². The quantitative estimate of drug-likeness (QED) is 0.778. The number of rotatable bonds is 4. The molecule has 1 saturated heterocycles. The Morgan fingerprint density at radius 1 is 1.21 bits per heavy atom. The molecule has 1 aromatic carbocycles. The molecule has 1 aliphatic rings. The van der Waals surface area contributed by atoms with Crippen molar-refractivity contribution >= 4 is 0 Å². The van der Waals surface area contributed by atoms with E-state index < -0.39 is 0 Å². The molecule has 0 radical (unpaired) electrons. The van der Waals surface area contributed by atoms with E-state index in [0.717, 1.165) is 32.1 Å². The lowest BCUT2D eigenvalue weighted by atomic mass is 10.0. The smallest absolute Gasteiger partial charge is 0.118 e. The molecule has 1 unspecified atom stereocenters. The van der Waals surface area contributed by atoms with Crippen molar-refractivity contribution in [3.8, 4) is 5.75 Å². The summed E-state index contributed by atoms with van der Waals surface area (Å²) in [6, 6.07) is 8.69. The van der Waals surface area contributed by atoms with Crippen LogP contribution in [0.4, 0.5) is 0 Å². The predicted molar refractivity (Wildman–Crippen MR) is 77.6 cm³/mol. The third-order valence-corrected chi connectivity index (χ3v) is 3.39. The second-order valence-corrected chi connectivity index (χ2v) is 5.11. The number of ether oxygens (including phenoxy) is 2. The van der Waals surface area contributed by atoms with Crippen LogP contribution in [0.5, 0.6) is 5.75 Å². The van der Waals surface area contributed by atoms with Gasteiger partial charge in [0.1, 0.15) is 5.75 Å². The van der Waals surface area contributed by atoms with Gasteiger partial charge >= 0.3 is 0 Å². The average molecular weight is 261 g/mol. The van der Waals surface area contributed by atoms with Gasteiger partial charge in [0.2, 0.25) is 0 Å². The van der Waals surface area contributed by atoms with E-state index in [2.05, 4.69) is 37.0 Å². The molecule has 0 amide bonds. The van der Waals surface area contributed by atoms with Gasteiger partial charge in [-0.25, -0.2) is 0 Å². The molecule has 0 saturated carbocycles. The number of methoxy groups -OCH3 is 1. The Hall–Kier alpha value is -1.32. The van der Waals surface area contributed by atoms with Crippen molar-refractivity contribution in [2.45, 2.75) is 19.9 Å². The molecule has 0 spiro atoms. The molecule has 0 aromatic heterocycles. The Labute approximate surface area is 115 Å². The van der Waals surface area contributed by atoms with Crippen LogP contribution in [-0.4, -0.2) is 38.3 Å². The number of hydrogen-bond acceptors (Lipinski definition) is 3. The first-order chi connectivity index (χ1) is 9.20. The molecule has 0 aliphatic carbocycles. The highest BCUT2D eigenvalue weighted by atomic mass is 16.5. The van der Waals surface area contributed by atoms with Gasteiger partial charge in [-0.2, -0.15) is 0 Å². The highest BCUT2D eigenvalue weighted by molar-refractivity contribution is 5.31. The van der Waals surface area contributed by atoms with Crippen LogP contribution in [0.15, 0.2) is 35.9 Å². The lowest BCUT2D eigenvalue weighted by Gasteiger charge is -2.33. The molecule has 3 nitrogen and oxygen atoms in total. The molecule has 1 aliphatic heterocycles. The zero-order chi connectivity index (χ0) is 13.7. The van der Waals surface area contributed by atoms with Gasteiger partial charge in [-0.05, 0) is 31.5 Å². The van der Waals surface area contributed by atoms with Crippen molar-refractivity contribution in [3.05, 3.63) is 41.5 Å². The molecular formula is C16H23NO2. The van der Waals surface area contributed by atoms with Gasteiger partial charge in [-0.3, -0.25) is 4.90 Å². The van der Waals surface area contributed by atoms with E-state index in [-0.39, 0.29) is 0 Å². The van der Waals surface area contributed by atoms with Crippen LogP contribution in [0.3, 0.4) is 0 Å². The fourth-order valence-corrected chi connectivity index (χ4v) is 2.38. The fraction of sp³-hybridized carbons (Fsp3) is 0.500. The fourth-order valence-electron chi connectivity index (χ4n) is 2.38. The van der Waals surface area contributed by atoms with Crippen LogP contribution < -0.4 is 4.74 Å². The Bertz CT molecular complexity index is 415. The largest absolute Gasteiger partial charge is 0.497 e. The molecule has 3 heteroatoms. The zero-order valence-corrected chi connectivity index (χ0v) is 12.1. The van der Waals surface area contributed by atoms with Gasteiger partial charge in [0.05, 0.1) is 26.4 Å². The Kier molecular flexibility index (Phi) is 5.00. The summed E-state index contributed by atoms with van der Waals surface area (Å²) in [6.07, 6.45) is 2.33. The van der Waals surface area contributed by atoms with E-state index in [1.807, 2.05) is 12.1 Å². The van der Waals surface area contributed by atoms with Crippen molar-refractivity contribution in [1.82, 2.24) is 4.90 Å². The van der Waals surface area contributed by atoms with Gasteiger partial charge in [0, 0.05) is 13.1 Å². The first-order valence-electron chi connectivity index (χ1n) is 6.81. The molecule has 19 heavy (non-hydrogen) atoms. The number of nitrogens with zero attached hydrogens (tertiary/aromatic N) is 1. The highest BCUT2D eigenvalue weighted by Crippen LogP contribution is 2.26. The number of hydrogen-bond donors (Lipinski definition) is 0. The molecule has 1 fully saturated rings. The van der Waals surface area contributed by atoms with Crippen molar-refractivity contribution in [3.63, 3.8) is 0 Å². The maximum atomic E-state index is 5.44. The summed E-state index contributed by atoms with van der Waals surface area (Å²) in [5.41, 5.74) is 2.65. The standard InChI is InChI=1S/C16H23NO2/c1-13(2)12-16(17-8-10-19-11-9-17)14-4-6-15(18-3)7-5-14/h4-7,12,16H,8-11H2,1-3H3. The third-order valence-electron chi connectivity index (χ3n) is 3.39. The van der Waals surface area contributed by atoms with E-state index in [9.17, 15) is 0 Å². The van der Waals surface area contributed by atoms with Gasteiger partial charge < -0.3 is 9.47 Å². The van der Waals surface area contributed by atoms with Gasteiger partial charge in [-0.15, -0.1) is 0 Å². The summed E-state index contributed by atoms with van der Waals surface area (Å²) >= 11 is 0. The van der Waals surface area contributed by atoms with Gasteiger partial charge in [0.15, 0.2) is 0 Å². The molecule has 1 atom stereocenters. The van der Waals surface area contributed by atoms with Crippen LogP contribution in [0.25, 0.3) is 0 Å². The van der Waals surface area contributed by atoms with Crippen molar-refractivity contribution in [2.75, 3.05) is 33.4 Å². The minimum Gasteiger partial charge on any atom is -0.497 e. The molecule has 1 aromatic rings. The second kappa shape index (κ2) is 6.73. The van der Waals surface area contributed by atoms with Crippen LogP contribution in [-0.2, 0) is 4.74 Å². The van der Waals surface area contributed by atoms with Crippen molar-refractivity contribution in [1.29, 1.82) is 0 Å². The zero-order valence-electron chi connectivity index (χ0n) is 12.1. The Balaban J connectivity index is 2.22. The van der Waals surface area contributed by atoms with Gasteiger partial charge in [0.25, 0.3) is 0 Å². The van der Waals surface area contributed by atoms with Crippen molar-refractivity contribution in [2.24, 2.45) is 0 Å². The first kappa shape index (κ1) is 14.1. The Morgan fingerprint density at radius 3 is 2.37 bits per heavy atom. The summed E-state index contributed by atoms with van der Waals surface area (Å²) in [4.78, 5) is 2.47. The van der Waals surface area contributed by atoms with E-state index in [4.69, 9.17) is 9.47 Å². The van der Waals surface area contributed by atoms with Gasteiger partial charge in [-0.1, -0.05) is 23.8 Å². The topological polar surface area (TPSA) is 21.7 Å². The summed E-state index contributed by atoms with van der Waals surface area (Å²) in [5, 5.41) is 0. The number of benzene rings is 1. The summed E-state index contributed by atoms with van der Waals surface area (Å²) in [7, 11) is 1.70. The van der Waals surface area contributed by atoms with E-state index in [1.54, 1.807) is 7.11 Å². The highest BCUT2D eigenvalue weighted by Gasteiger charge is 2.20. The minimum atomic E-state index is 0.333. The SMILES string of the molecule is COc1ccc(C(C=C(C)C)N2CCOCC2)cc1. The maximum absolute atomic E-state index is 5.44. The summed E-state index contributed by atoms with van der Waals surface area (Å²) < 4.78 is 10.7. The van der Waals surface area contributed by atoms with Crippen LogP contribution >= 0.6 is 0 Å². The number of morpholine rings is 1. The molecule has 2 rings (SSSR count). The Morgan fingerprint density at radius 2 is 1.84 bits per heavy atom. The third kappa shape index (κ3) is 3.82. The molecule has 104 valence electrons. The normalized spacial score (nSPS) is 17.8. The summed E-state index contributed by atoms with van der Waals surface area (Å²) in [5.74, 6) is 0.904. The van der Waals surface area contributed by atoms with E-state index >= 15 is 0 Å². The van der Waals surface area contributed by atoms with Crippen LogP contribution in [0.2, 0.25) is 0 Å². The second-order valence-electron chi connectivity index (χ2n) is 5.11. The summed E-state index contributed by atoms with van der Waals surface area (Å²) in [6.45, 7) is 7.92. The molecule has 0 bridgehead atoms. The maximum Gasteiger partial charge on any atom is 0.118 e. The van der Waals surface area contributed by atoms with E-state index in [0.29, 0.717) is 6.04 Å². The molecule has 0 N–H and O–H groups in total. The average Bonchev–Trinajstić information content (AvgIpc) is 2.46. The minimum absolute atomic E-state index is 0.333. The molecule has 1 heterocycles. The predicted octanol–water partition coefficient (Wildman–Crippen LogP) is 3.03.